The molecule has 2 atom stereocenters. The molecule has 0 radical (unpaired) electrons. The number of hydrogen-bond acceptors (Lipinski definition) is 3. The Hall–Kier alpha value is -2.04. The second-order valence-electron chi connectivity index (χ2n) is 4.49. The number of hydrogen-bond donors (Lipinski definition) is 3. The number of aromatic hydroxyl groups is 1. The van der Waals surface area contributed by atoms with E-state index in [9.17, 15) is 9.59 Å². The third-order valence-corrected chi connectivity index (χ3v) is 3.09. The first-order chi connectivity index (χ1) is 8.58. The van der Waals surface area contributed by atoms with Crippen LogP contribution in [0.25, 0.3) is 0 Å². The summed E-state index contributed by atoms with van der Waals surface area (Å²) in [6, 6.07) is 6.77. The molecule has 96 valence electrons. The van der Waals surface area contributed by atoms with Crippen LogP contribution >= 0.6 is 0 Å². The second-order valence-corrected chi connectivity index (χ2v) is 4.49. The van der Waals surface area contributed by atoms with Gasteiger partial charge in [0.15, 0.2) is 0 Å². The maximum atomic E-state index is 11.6. The van der Waals surface area contributed by atoms with Gasteiger partial charge in [0.05, 0.1) is 11.8 Å². The van der Waals surface area contributed by atoms with Crippen molar-refractivity contribution in [3.05, 3.63) is 29.8 Å². The highest BCUT2D eigenvalue weighted by molar-refractivity contribution is 5.89. The standard InChI is InChI=1S/C13H15NO4/c15-9-3-1-8(2-4-9)5-6-14-12(16)10-7-11(10)13(17)18/h1-4,10-11,15H,5-7H2,(H,14,16)(H,17,18). The maximum Gasteiger partial charge on any atom is 0.307 e. The highest BCUT2D eigenvalue weighted by atomic mass is 16.4. The molecule has 5 heteroatoms. The molecule has 18 heavy (non-hydrogen) atoms. The van der Waals surface area contributed by atoms with Crippen LogP contribution in [0.3, 0.4) is 0 Å². The Balaban J connectivity index is 1.71. The SMILES string of the molecule is O=C(O)C1CC1C(=O)NCCc1ccc(O)cc1. The summed E-state index contributed by atoms with van der Waals surface area (Å²) >= 11 is 0. The predicted octanol–water partition coefficient (Wildman–Crippen LogP) is 0.772. The lowest BCUT2D eigenvalue weighted by Crippen LogP contribution is -2.28. The minimum absolute atomic E-state index is 0.179. The Morgan fingerprint density at radius 3 is 2.44 bits per heavy atom. The van der Waals surface area contributed by atoms with Crippen molar-refractivity contribution in [1.82, 2.24) is 5.32 Å². The molecule has 0 aliphatic heterocycles. The van der Waals surface area contributed by atoms with Crippen LogP contribution in [-0.2, 0) is 16.0 Å². The van der Waals surface area contributed by atoms with Gasteiger partial charge in [-0.3, -0.25) is 9.59 Å². The third kappa shape index (κ3) is 3.00. The van der Waals surface area contributed by atoms with Crippen LogP contribution in [0.4, 0.5) is 0 Å². The van der Waals surface area contributed by atoms with Crippen molar-refractivity contribution in [3.8, 4) is 5.75 Å². The van der Waals surface area contributed by atoms with E-state index in [1.54, 1.807) is 24.3 Å². The molecule has 2 rings (SSSR count). The summed E-state index contributed by atoms with van der Waals surface area (Å²) in [5.41, 5.74) is 1.01. The zero-order chi connectivity index (χ0) is 13.1. The molecule has 1 amide bonds. The van der Waals surface area contributed by atoms with Gasteiger partial charge in [-0.15, -0.1) is 0 Å². The Morgan fingerprint density at radius 2 is 1.89 bits per heavy atom. The van der Waals surface area contributed by atoms with Gasteiger partial charge in [0.2, 0.25) is 5.91 Å². The van der Waals surface area contributed by atoms with Gasteiger partial charge in [0, 0.05) is 6.54 Å². The van der Waals surface area contributed by atoms with E-state index in [0.29, 0.717) is 19.4 Å². The molecular formula is C13H15NO4. The van der Waals surface area contributed by atoms with E-state index in [1.165, 1.54) is 0 Å². The van der Waals surface area contributed by atoms with Crippen LogP contribution in [0, 0.1) is 11.8 Å². The zero-order valence-corrected chi connectivity index (χ0v) is 9.80. The molecule has 0 spiro atoms. The summed E-state index contributed by atoms with van der Waals surface area (Å²) in [6.07, 6.45) is 1.11. The molecule has 0 bridgehead atoms. The highest BCUT2D eigenvalue weighted by Crippen LogP contribution is 2.38. The number of benzene rings is 1. The summed E-state index contributed by atoms with van der Waals surface area (Å²) in [5, 5.41) is 20.5. The first-order valence-electron chi connectivity index (χ1n) is 5.86. The second kappa shape index (κ2) is 5.08. The Morgan fingerprint density at radius 1 is 1.22 bits per heavy atom. The summed E-state index contributed by atoms with van der Waals surface area (Å²) in [6.45, 7) is 0.479. The summed E-state index contributed by atoms with van der Waals surface area (Å²) in [7, 11) is 0. The molecule has 5 nitrogen and oxygen atoms in total. The normalized spacial score (nSPS) is 21.3. The molecule has 0 heterocycles. The number of carboxylic acid groups (broad SMARTS) is 1. The number of phenols is 1. The Labute approximate surface area is 104 Å². The van der Waals surface area contributed by atoms with E-state index in [1.807, 2.05) is 0 Å². The van der Waals surface area contributed by atoms with Crippen molar-refractivity contribution in [1.29, 1.82) is 0 Å². The van der Waals surface area contributed by atoms with Gasteiger partial charge < -0.3 is 15.5 Å². The summed E-state index contributed by atoms with van der Waals surface area (Å²) in [5.74, 6) is -1.72. The molecule has 3 N–H and O–H groups in total. The van der Waals surface area contributed by atoms with Gasteiger partial charge >= 0.3 is 5.97 Å². The van der Waals surface area contributed by atoms with Gasteiger partial charge in [-0.05, 0) is 30.5 Å². The van der Waals surface area contributed by atoms with E-state index in [2.05, 4.69) is 5.32 Å². The Kier molecular flexibility index (Phi) is 3.50. The number of phenolic OH excluding ortho intramolecular Hbond substituents is 1. The fraction of sp³-hybridized carbons (Fsp3) is 0.385. The lowest BCUT2D eigenvalue weighted by atomic mass is 10.1. The van der Waals surface area contributed by atoms with Crippen molar-refractivity contribution in [3.63, 3.8) is 0 Å². The summed E-state index contributed by atoms with van der Waals surface area (Å²) in [4.78, 5) is 22.2. The van der Waals surface area contributed by atoms with Gasteiger partial charge in [-0.25, -0.2) is 0 Å². The highest BCUT2D eigenvalue weighted by Gasteiger charge is 2.48. The van der Waals surface area contributed by atoms with Crippen LogP contribution in [0.2, 0.25) is 0 Å². The van der Waals surface area contributed by atoms with Crippen LogP contribution < -0.4 is 5.32 Å². The molecule has 1 aromatic carbocycles. The molecule has 0 saturated heterocycles. The smallest absolute Gasteiger partial charge is 0.307 e. The fourth-order valence-electron chi connectivity index (χ4n) is 1.88. The van der Waals surface area contributed by atoms with Crippen molar-refractivity contribution in [2.75, 3.05) is 6.54 Å². The number of carbonyl (C=O) groups is 2. The van der Waals surface area contributed by atoms with Crippen molar-refractivity contribution >= 4 is 11.9 Å². The van der Waals surface area contributed by atoms with Crippen LogP contribution in [0.5, 0.6) is 5.75 Å². The lowest BCUT2D eigenvalue weighted by molar-refractivity contribution is -0.140. The fourth-order valence-corrected chi connectivity index (χ4v) is 1.88. The van der Waals surface area contributed by atoms with Crippen molar-refractivity contribution in [2.45, 2.75) is 12.8 Å². The van der Waals surface area contributed by atoms with Gasteiger partial charge in [-0.2, -0.15) is 0 Å². The van der Waals surface area contributed by atoms with E-state index in [-0.39, 0.29) is 17.6 Å². The van der Waals surface area contributed by atoms with E-state index < -0.39 is 11.9 Å². The molecule has 1 saturated carbocycles. The maximum absolute atomic E-state index is 11.6. The summed E-state index contributed by atoms with van der Waals surface area (Å²) < 4.78 is 0. The lowest BCUT2D eigenvalue weighted by Gasteiger charge is -2.04. The topological polar surface area (TPSA) is 86.6 Å². The van der Waals surface area contributed by atoms with Gasteiger partial charge in [0.1, 0.15) is 5.75 Å². The molecule has 1 fully saturated rings. The van der Waals surface area contributed by atoms with E-state index in [0.717, 1.165) is 5.56 Å². The quantitative estimate of drug-likeness (QED) is 0.719. The monoisotopic (exact) mass is 249 g/mol. The number of rotatable bonds is 5. The minimum Gasteiger partial charge on any atom is -0.508 e. The van der Waals surface area contributed by atoms with Gasteiger partial charge in [-0.1, -0.05) is 12.1 Å². The number of carboxylic acids is 1. The third-order valence-electron chi connectivity index (χ3n) is 3.09. The first-order valence-corrected chi connectivity index (χ1v) is 5.86. The van der Waals surface area contributed by atoms with Crippen LogP contribution in [0.1, 0.15) is 12.0 Å². The Bertz CT molecular complexity index is 455. The van der Waals surface area contributed by atoms with E-state index >= 15 is 0 Å². The number of aliphatic carboxylic acids is 1. The molecule has 1 aliphatic carbocycles. The zero-order valence-electron chi connectivity index (χ0n) is 9.80. The number of amides is 1. The van der Waals surface area contributed by atoms with Crippen LogP contribution in [0.15, 0.2) is 24.3 Å². The van der Waals surface area contributed by atoms with Gasteiger partial charge in [0.25, 0.3) is 0 Å². The molecule has 2 unspecified atom stereocenters. The van der Waals surface area contributed by atoms with E-state index in [4.69, 9.17) is 10.2 Å². The predicted molar refractivity (Wildman–Crippen MR) is 64.1 cm³/mol. The largest absolute Gasteiger partial charge is 0.508 e. The number of nitrogens with one attached hydrogen (secondary N) is 1. The van der Waals surface area contributed by atoms with Crippen molar-refractivity contribution < 1.29 is 19.8 Å². The first kappa shape index (κ1) is 12.4. The molecule has 0 aromatic heterocycles. The van der Waals surface area contributed by atoms with Crippen molar-refractivity contribution in [2.24, 2.45) is 11.8 Å². The molecule has 1 aromatic rings. The minimum atomic E-state index is -0.895. The average Bonchev–Trinajstić information content (AvgIpc) is 3.11. The van der Waals surface area contributed by atoms with Crippen LogP contribution in [-0.4, -0.2) is 28.6 Å². The molecule has 1 aliphatic rings. The average molecular weight is 249 g/mol. The number of carbonyl (C=O) groups excluding carboxylic acids is 1. The molecular weight excluding hydrogens is 234 g/mol.